The summed E-state index contributed by atoms with van der Waals surface area (Å²) >= 11 is 11.1. The van der Waals surface area contributed by atoms with E-state index >= 15 is 0 Å². The van der Waals surface area contributed by atoms with Crippen molar-refractivity contribution in [1.82, 2.24) is 4.98 Å². The van der Waals surface area contributed by atoms with E-state index in [9.17, 15) is 4.79 Å². The SMILES string of the molecule is CC(=O)c1ccc(Cl)c(Cl)n1. The summed E-state index contributed by atoms with van der Waals surface area (Å²) in [6.07, 6.45) is 0. The zero-order chi connectivity index (χ0) is 8.43. The maximum atomic E-state index is 10.7. The van der Waals surface area contributed by atoms with E-state index in [-0.39, 0.29) is 10.9 Å². The minimum Gasteiger partial charge on any atom is -0.293 e. The Bertz CT molecular complexity index is 298. The lowest BCUT2D eigenvalue weighted by Crippen LogP contribution is -1.95. The first-order valence-corrected chi connectivity index (χ1v) is 3.70. The van der Waals surface area contributed by atoms with Crippen molar-refractivity contribution in [3.8, 4) is 0 Å². The summed E-state index contributed by atoms with van der Waals surface area (Å²) in [5, 5.41) is 0.524. The van der Waals surface area contributed by atoms with Crippen LogP contribution >= 0.6 is 23.2 Å². The minimum absolute atomic E-state index is 0.122. The van der Waals surface area contributed by atoms with Crippen LogP contribution < -0.4 is 0 Å². The molecule has 0 saturated carbocycles. The summed E-state index contributed by atoms with van der Waals surface area (Å²) in [6.45, 7) is 1.42. The summed E-state index contributed by atoms with van der Waals surface area (Å²) in [4.78, 5) is 14.5. The molecular formula is C7H5Cl2NO. The predicted molar refractivity (Wildman–Crippen MR) is 44.3 cm³/mol. The Morgan fingerprint density at radius 3 is 2.55 bits per heavy atom. The second kappa shape index (κ2) is 3.20. The second-order valence-corrected chi connectivity index (χ2v) is 2.79. The van der Waals surface area contributed by atoms with Gasteiger partial charge in [-0.05, 0) is 12.1 Å². The van der Waals surface area contributed by atoms with Gasteiger partial charge in [-0.3, -0.25) is 4.79 Å². The van der Waals surface area contributed by atoms with Gasteiger partial charge in [0.2, 0.25) is 0 Å². The van der Waals surface area contributed by atoms with Gasteiger partial charge in [0.25, 0.3) is 0 Å². The average Bonchev–Trinajstić information content (AvgIpc) is 1.94. The van der Waals surface area contributed by atoms with Crippen molar-refractivity contribution in [2.45, 2.75) is 6.92 Å². The van der Waals surface area contributed by atoms with Crippen molar-refractivity contribution in [2.24, 2.45) is 0 Å². The number of hydrogen-bond donors (Lipinski definition) is 0. The van der Waals surface area contributed by atoms with Crippen LogP contribution in [0.2, 0.25) is 10.2 Å². The lowest BCUT2D eigenvalue weighted by Gasteiger charge is -1.96. The van der Waals surface area contributed by atoms with Crippen LogP contribution in [0.5, 0.6) is 0 Å². The van der Waals surface area contributed by atoms with Crippen molar-refractivity contribution in [3.63, 3.8) is 0 Å². The van der Waals surface area contributed by atoms with Crippen LogP contribution in [0.4, 0.5) is 0 Å². The number of halogens is 2. The van der Waals surface area contributed by atoms with Crippen LogP contribution in [-0.4, -0.2) is 10.8 Å². The van der Waals surface area contributed by atoms with E-state index in [2.05, 4.69) is 4.98 Å². The lowest BCUT2D eigenvalue weighted by atomic mass is 10.3. The zero-order valence-electron chi connectivity index (χ0n) is 5.77. The Labute approximate surface area is 74.1 Å². The Morgan fingerprint density at radius 1 is 1.45 bits per heavy atom. The standard InChI is InChI=1S/C7H5Cl2NO/c1-4(11)6-3-2-5(8)7(9)10-6/h2-3H,1H3. The number of carbonyl (C=O) groups excluding carboxylic acids is 1. The second-order valence-electron chi connectivity index (χ2n) is 2.03. The van der Waals surface area contributed by atoms with Gasteiger partial charge in [0.15, 0.2) is 5.78 Å². The number of pyridine rings is 1. The molecule has 0 amide bonds. The van der Waals surface area contributed by atoms with Crippen LogP contribution in [0.1, 0.15) is 17.4 Å². The smallest absolute Gasteiger partial charge is 0.178 e. The van der Waals surface area contributed by atoms with Crippen LogP contribution in [-0.2, 0) is 0 Å². The van der Waals surface area contributed by atoms with Gasteiger partial charge >= 0.3 is 0 Å². The number of Topliss-reactive ketones (excluding diaryl/α,β-unsaturated/α-hetero) is 1. The number of aromatic nitrogens is 1. The first-order valence-electron chi connectivity index (χ1n) is 2.94. The topological polar surface area (TPSA) is 30.0 Å². The lowest BCUT2D eigenvalue weighted by molar-refractivity contribution is 0.101. The van der Waals surface area contributed by atoms with Gasteiger partial charge in [0.05, 0.1) is 5.02 Å². The minimum atomic E-state index is -0.122. The van der Waals surface area contributed by atoms with Gasteiger partial charge in [-0.25, -0.2) is 4.98 Å². The molecule has 11 heavy (non-hydrogen) atoms. The molecule has 0 bridgehead atoms. The fourth-order valence-electron chi connectivity index (χ4n) is 0.613. The molecule has 0 saturated heterocycles. The molecule has 4 heteroatoms. The van der Waals surface area contributed by atoms with Gasteiger partial charge in [0.1, 0.15) is 10.8 Å². The van der Waals surface area contributed by atoms with Crippen LogP contribution in [0.3, 0.4) is 0 Å². The van der Waals surface area contributed by atoms with Crippen LogP contribution in [0, 0.1) is 0 Å². The normalized spacial score (nSPS) is 9.73. The number of ketones is 1. The average molecular weight is 190 g/mol. The highest BCUT2D eigenvalue weighted by Crippen LogP contribution is 2.18. The van der Waals surface area contributed by atoms with Crippen LogP contribution in [0.25, 0.3) is 0 Å². The molecule has 0 aliphatic heterocycles. The maximum absolute atomic E-state index is 10.7. The van der Waals surface area contributed by atoms with Crippen molar-refractivity contribution < 1.29 is 4.79 Å². The number of rotatable bonds is 1. The molecule has 0 unspecified atom stereocenters. The molecule has 2 nitrogen and oxygen atoms in total. The van der Waals surface area contributed by atoms with Gasteiger partial charge in [-0.2, -0.15) is 0 Å². The molecule has 58 valence electrons. The van der Waals surface area contributed by atoms with Gasteiger partial charge in [-0.1, -0.05) is 23.2 Å². The van der Waals surface area contributed by atoms with E-state index in [1.807, 2.05) is 0 Å². The summed E-state index contributed by atoms with van der Waals surface area (Å²) in [5.74, 6) is -0.122. The Balaban J connectivity index is 3.15. The molecule has 0 radical (unpaired) electrons. The van der Waals surface area contributed by atoms with E-state index in [0.717, 1.165) is 0 Å². The van der Waals surface area contributed by atoms with E-state index < -0.39 is 0 Å². The van der Waals surface area contributed by atoms with Gasteiger partial charge < -0.3 is 0 Å². The third-order valence-electron chi connectivity index (χ3n) is 1.16. The summed E-state index contributed by atoms with van der Waals surface area (Å²) in [6, 6.07) is 3.09. The highest BCUT2D eigenvalue weighted by molar-refractivity contribution is 6.41. The molecule has 0 fully saturated rings. The van der Waals surface area contributed by atoms with Crippen molar-refractivity contribution in [3.05, 3.63) is 28.0 Å². The van der Waals surface area contributed by atoms with Crippen molar-refractivity contribution in [1.29, 1.82) is 0 Å². The fourth-order valence-corrected chi connectivity index (χ4v) is 0.873. The molecule has 1 rings (SSSR count). The molecular weight excluding hydrogens is 185 g/mol. The van der Waals surface area contributed by atoms with Crippen LogP contribution in [0.15, 0.2) is 12.1 Å². The molecule has 0 aromatic carbocycles. The Hall–Kier alpha value is -0.600. The summed E-state index contributed by atoms with van der Waals surface area (Å²) < 4.78 is 0. The largest absolute Gasteiger partial charge is 0.293 e. The van der Waals surface area contributed by atoms with Gasteiger partial charge in [-0.15, -0.1) is 0 Å². The number of nitrogens with zero attached hydrogens (tertiary/aromatic N) is 1. The maximum Gasteiger partial charge on any atom is 0.178 e. The van der Waals surface area contributed by atoms with Crippen molar-refractivity contribution in [2.75, 3.05) is 0 Å². The monoisotopic (exact) mass is 189 g/mol. The first kappa shape index (κ1) is 8.50. The Kier molecular flexibility index (Phi) is 2.47. The first-order chi connectivity index (χ1) is 5.11. The van der Waals surface area contributed by atoms with E-state index in [0.29, 0.717) is 10.7 Å². The molecule has 1 aromatic heterocycles. The molecule has 1 aromatic rings. The highest BCUT2D eigenvalue weighted by Gasteiger charge is 2.03. The van der Waals surface area contributed by atoms with Crippen molar-refractivity contribution >= 4 is 29.0 Å². The predicted octanol–water partition coefficient (Wildman–Crippen LogP) is 2.59. The summed E-state index contributed by atoms with van der Waals surface area (Å²) in [7, 11) is 0. The van der Waals surface area contributed by atoms with E-state index in [1.54, 1.807) is 6.07 Å². The number of carbonyl (C=O) groups is 1. The fraction of sp³-hybridized carbons (Fsp3) is 0.143. The molecule has 1 heterocycles. The quantitative estimate of drug-likeness (QED) is 0.503. The number of hydrogen-bond acceptors (Lipinski definition) is 2. The molecule has 0 atom stereocenters. The summed E-state index contributed by atoms with van der Waals surface area (Å²) in [5.41, 5.74) is 0.333. The third-order valence-corrected chi connectivity index (χ3v) is 1.85. The van der Waals surface area contributed by atoms with E-state index in [4.69, 9.17) is 23.2 Å². The molecule has 0 spiro atoms. The molecule has 0 aliphatic rings. The third kappa shape index (κ3) is 1.91. The molecule has 0 aliphatic carbocycles. The Morgan fingerprint density at radius 2 is 2.09 bits per heavy atom. The molecule has 0 N–H and O–H groups in total. The van der Waals surface area contributed by atoms with Gasteiger partial charge in [0, 0.05) is 6.92 Å². The highest BCUT2D eigenvalue weighted by atomic mass is 35.5. The van der Waals surface area contributed by atoms with E-state index in [1.165, 1.54) is 13.0 Å². The zero-order valence-corrected chi connectivity index (χ0v) is 7.28.